The molecule has 0 unspecified atom stereocenters. The van der Waals surface area contributed by atoms with Crippen LogP contribution in [0.25, 0.3) is 0 Å². The average molecular weight is 221 g/mol. The molecule has 2 aromatic rings. The first kappa shape index (κ1) is 10.9. The zero-order valence-corrected chi connectivity index (χ0v) is 8.97. The molecule has 2 aromatic carbocycles. The Labute approximate surface area is 99.3 Å². The van der Waals surface area contributed by atoms with Crippen LogP contribution in [0.5, 0.6) is 0 Å². The lowest BCUT2D eigenvalue weighted by atomic mass is 10.1. The van der Waals surface area contributed by atoms with E-state index in [4.69, 9.17) is 5.26 Å². The number of hydrogen-bond donors (Lipinski definition) is 1. The van der Waals surface area contributed by atoms with Crippen molar-refractivity contribution in [2.75, 3.05) is 5.32 Å². The summed E-state index contributed by atoms with van der Waals surface area (Å²) in [7, 11) is 0. The van der Waals surface area contributed by atoms with E-state index in [1.165, 1.54) is 0 Å². The van der Waals surface area contributed by atoms with Crippen molar-refractivity contribution in [3.63, 3.8) is 0 Å². The van der Waals surface area contributed by atoms with Gasteiger partial charge in [0.2, 0.25) is 0 Å². The van der Waals surface area contributed by atoms with E-state index in [-0.39, 0.29) is 5.91 Å². The summed E-state index contributed by atoms with van der Waals surface area (Å²) in [5.41, 5.74) is 1.68. The highest BCUT2D eigenvalue weighted by Crippen LogP contribution is 2.08. The van der Waals surface area contributed by atoms with E-state index in [1.807, 2.05) is 18.2 Å². The van der Waals surface area contributed by atoms with Gasteiger partial charge in [0, 0.05) is 17.3 Å². The van der Waals surface area contributed by atoms with Gasteiger partial charge in [0.25, 0.3) is 5.91 Å². The predicted octanol–water partition coefficient (Wildman–Crippen LogP) is 2.61. The lowest BCUT2D eigenvalue weighted by Gasteiger charge is -2.04. The molecule has 0 aliphatic rings. The van der Waals surface area contributed by atoms with Crippen molar-refractivity contribution in [3.05, 3.63) is 65.7 Å². The largest absolute Gasteiger partial charge is 0.321 e. The normalized spacial score (nSPS) is 9.35. The highest BCUT2D eigenvalue weighted by molar-refractivity contribution is 6.04. The number of rotatable bonds is 2. The summed E-state index contributed by atoms with van der Waals surface area (Å²) in [6, 6.07) is 18.5. The lowest BCUT2D eigenvalue weighted by molar-refractivity contribution is 0.102. The molecule has 17 heavy (non-hydrogen) atoms. The van der Waals surface area contributed by atoms with Crippen molar-refractivity contribution in [1.29, 1.82) is 5.26 Å². The molecule has 0 spiro atoms. The Hall–Kier alpha value is -2.60. The molecule has 2 rings (SSSR count). The third-order valence-electron chi connectivity index (χ3n) is 2.23. The van der Waals surface area contributed by atoms with Gasteiger partial charge in [-0.25, -0.2) is 0 Å². The molecule has 0 fully saturated rings. The van der Waals surface area contributed by atoms with Crippen molar-refractivity contribution >= 4 is 11.6 Å². The lowest BCUT2D eigenvalue weighted by Crippen LogP contribution is -2.11. The SMILES string of the molecule is N#Cc1ccc(C(=O)Nc2[c]cccc2)cc1. The Morgan fingerprint density at radius 3 is 2.53 bits per heavy atom. The standard InChI is InChI=1S/C14H9N2O/c15-10-11-6-8-12(9-7-11)14(17)16-13-4-2-1-3-5-13/h1-4,6-9H,(H,16,17). The van der Waals surface area contributed by atoms with Crippen molar-refractivity contribution < 1.29 is 4.79 Å². The molecule has 1 N–H and O–H groups in total. The summed E-state index contributed by atoms with van der Waals surface area (Å²) in [6.07, 6.45) is 0. The molecule has 0 saturated heterocycles. The van der Waals surface area contributed by atoms with E-state index < -0.39 is 0 Å². The molecule has 1 radical (unpaired) electrons. The highest BCUT2D eigenvalue weighted by Gasteiger charge is 2.05. The molecule has 1 amide bonds. The summed E-state index contributed by atoms with van der Waals surface area (Å²) in [4.78, 5) is 11.8. The Bertz CT molecular complexity index is 553. The second-order valence-electron chi connectivity index (χ2n) is 3.42. The minimum Gasteiger partial charge on any atom is -0.321 e. The second kappa shape index (κ2) is 4.95. The topological polar surface area (TPSA) is 52.9 Å². The molecule has 0 bridgehead atoms. The van der Waals surface area contributed by atoms with Crippen LogP contribution in [0.1, 0.15) is 15.9 Å². The maximum atomic E-state index is 11.8. The quantitative estimate of drug-likeness (QED) is 0.847. The zero-order chi connectivity index (χ0) is 12.1. The molecule has 0 aromatic heterocycles. The minimum absolute atomic E-state index is 0.211. The van der Waals surface area contributed by atoms with E-state index in [0.29, 0.717) is 16.8 Å². The Morgan fingerprint density at radius 2 is 1.94 bits per heavy atom. The number of carbonyl (C=O) groups is 1. The number of amides is 1. The Kier molecular flexibility index (Phi) is 3.18. The van der Waals surface area contributed by atoms with Crippen molar-refractivity contribution in [3.8, 4) is 6.07 Å². The van der Waals surface area contributed by atoms with Gasteiger partial charge >= 0.3 is 0 Å². The molecule has 0 aliphatic heterocycles. The fourth-order valence-electron chi connectivity index (χ4n) is 1.36. The average Bonchev–Trinajstić information content (AvgIpc) is 2.40. The number of para-hydroxylation sites is 1. The monoisotopic (exact) mass is 221 g/mol. The summed E-state index contributed by atoms with van der Waals surface area (Å²) < 4.78 is 0. The van der Waals surface area contributed by atoms with Crippen molar-refractivity contribution in [2.45, 2.75) is 0 Å². The number of nitrogens with zero attached hydrogens (tertiary/aromatic N) is 1. The molecule has 0 atom stereocenters. The third kappa shape index (κ3) is 2.70. The number of nitriles is 1. The molecule has 3 heteroatoms. The molecular formula is C14H9N2O. The van der Waals surface area contributed by atoms with Crippen molar-refractivity contribution in [1.82, 2.24) is 0 Å². The fraction of sp³-hybridized carbons (Fsp3) is 0. The number of benzene rings is 2. The molecule has 0 saturated carbocycles. The smallest absolute Gasteiger partial charge is 0.255 e. The van der Waals surface area contributed by atoms with Crippen LogP contribution in [0.3, 0.4) is 0 Å². The molecular weight excluding hydrogens is 212 g/mol. The first-order valence-electron chi connectivity index (χ1n) is 5.08. The minimum atomic E-state index is -0.211. The van der Waals surface area contributed by atoms with Gasteiger partial charge in [0.05, 0.1) is 11.6 Å². The van der Waals surface area contributed by atoms with Crippen LogP contribution in [0.2, 0.25) is 0 Å². The van der Waals surface area contributed by atoms with Crippen LogP contribution < -0.4 is 5.32 Å². The second-order valence-corrected chi connectivity index (χ2v) is 3.42. The van der Waals surface area contributed by atoms with Gasteiger partial charge in [-0.2, -0.15) is 5.26 Å². The number of carbonyl (C=O) groups excluding carboxylic acids is 1. The van der Waals surface area contributed by atoms with E-state index in [2.05, 4.69) is 11.4 Å². The van der Waals surface area contributed by atoms with Crippen LogP contribution in [-0.4, -0.2) is 5.91 Å². The van der Waals surface area contributed by atoms with Gasteiger partial charge in [-0.15, -0.1) is 0 Å². The van der Waals surface area contributed by atoms with Gasteiger partial charge in [-0.05, 0) is 30.3 Å². The number of nitrogens with one attached hydrogen (secondary N) is 1. The molecule has 0 aliphatic carbocycles. The maximum absolute atomic E-state index is 11.8. The first-order chi connectivity index (χ1) is 8.29. The van der Waals surface area contributed by atoms with E-state index >= 15 is 0 Å². The highest BCUT2D eigenvalue weighted by atomic mass is 16.1. The van der Waals surface area contributed by atoms with Crippen molar-refractivity contribution in [2.24, 2.45) is 0 Å². The van der Waals surface area contributed by atoms with E-state index in [0.717, 1.165) is 0 Å². The summed E-state index contributed by atoms with van der Waals surface area (Å²) >= 11 is 0. The Morgan fingerprint density at radius 1 is 1.18 bits per heavy atom. The zero-order valence-electron chi connectivity index (χ0n) is 8.97. The number of anilines is 1. The summed E-state index contributed by atoms with van der Waals surface area (Å²) in [6.45, 7) is 0. The molecule has 0 heterocycles. The van der Waals surface area contributed by atoms with Crippen LogP contribution >= 0.6 is 0 Å². The van der Waals surface area contributed by atoms with E-state index in [9.17, 15) is 4.79 Å². The summed E-state index contributed by atoms with van der Waals surface area (Å²) in [5.74, 6) is -0.211. The van der Waals surface area contributed by atoms with Crippen LogP contribution in [0, 0.1) is 17.4 Å². The van der Waals surface area contributed by atoms with Gasteiger partial charge in [0.1, 0.15) is 0 Å². The molecule has 81 valence electrons. The van der Waals surface area contributed by atoms with Gasteiger partial charge in [0.15, 0.2) is 0 Å². The van der Waals surface area contributed by atoms with Crippen LogP contribution in [-0.2, 0) is 0 Å². The van der Waals surface area contributed by atoms with E-state index in [1.54, 1.807) is 36.4 Å². The van der Waals surface area contributed by atoms with Gasteiger partial charge in [-0.3, -0.25) is 4.79 Å². The first-order valence-corrected chi connectivity index (χ1v) is 5.08. The van der Waals surface area contributed by atoms with Gasteiger partial charge in [-0.1, -0.05) is 18.2 Å². The Balaban J connectivity index is 2.13. The van der Waals surface area contributed by atoms with Crippen LogP contribution in [0.15, 0.2) is 48.5 Å². The fourth-order valence-corrected chi connectivity index (χ4v) is 1.36. The van der Waals surface area contributed by atoms with Gasteiger partial charge < -0.3 is 5.32 Å². The maximum Gasteiger partial charge on any atom is 0.255 e. The van der Waals surface area contributed by atoms with Crippen LogP contribution in [0.4, 0.5) is 5.69 Å². The third-order valence-corrected chi connectivity index (χ3v) is 2.23. The number of hydrogen-bond acceptors (Lipinski definition) is 2. The molecule has 3 nitrogen and oxygen atoms in total. The predicted molar refractivity (Wildman–Crippen MR) is 64.4 cm³/mol. The summed E-state index contributed by atoms with van der Waals surface area (Å²) in [5, 5.41) is 11.4.